The number of anilines is 1. The van der Waals surface area contributed by atoms with Crippen molar-refractivity contribution in [3.8, 4) is 0 Å². The first-order valence-electron chi connectivity index (χ1n) is 7.61. The zero-order chi connectivity index (χ0) is 20.0. The molecular weight excluding hydrogens is 461 g/mol. The third-order valence-electron chi connectivity index (χ3n) is 3.21. The average Bonchev–Trinajstić information content (AvgIpc) is 2.61. The Morgan fingerprint density at radius 1 is 1.26 bits per heavy atom. The van der Waals surface area contributed by atoms with E-state index in [1.807, 2.05) is 0 Å². The molecule has 142 valence electrons. The fourth-order valence-electron chi connectivity index (χ4n) is 1.90. The molecule has 1 atom stereocenters. The van der Waals surface area contributed by atoms with Crippen molar-refractivity contribution in [1.82, 2.24) is 10.3 Å². The monoisotopic (exact) mass is 473 g/mol. The van der Waals surface area contributed by atoms with Crippen LogP contribution in [0.1, 0.15) is 17.3 Å². The van der Waals surface area contributed by atoms with Crippen molar-refractivity contribution in [2.24, 2.45) is 0 Å². The highest BCUT2D eigenvalue weighted by molar-refractivity contribution is 9.10. The molecule has 1 unspecified atom stereocenters. The molecule has 0 aliphatic rings. The van der Waals surface area contributed by atoms with E-state index in [0.29, 0.717) is 10.6 Å². The van der Waals surface area contributed by atoms with Gasteiger partial charge in [-0.15, -0.1) is 0 Å². The predicted octanol–water partition coefficient (Wildman–Crippen LogP) is 3.45. The number of nitrogens with one attached hydrogen (secondary N) is 2. The second-order valence-corrected chi connectivity index (χ2v) is 7.06. The molecule has 2 rings (SSSR count). The number of hydrogen-bond donors (Lipinski definition) is 2. The lowest BCUT2D eigenvalue weighted by molar-refractivity contribution is -0.152. The zero-order valence-corrected chi connectivity index (χ0v) is 17.1. The number of ether oxygens (including phenoxy) is 1. The molecule has 0 saturated heterocycles. The van der Waals surface area contributed by atoms with Crippen molar-refractivity contribution in [3.63, 3.8) is 0 Å². The van der Waals surface area contributed by atoms with E-state index in [0.717, 1.165) is 4.47 Å². The van der Waals surface area contributed by atoms with Crippen LogP contribution in [-0.4, -0.2) is 35.4 Å². The topological polar surface area (TPSA) is 97.4 Å². The van der Waals surface area contributed by atoms with Gasteiger partial charge in [-0.25, -0.2) is 4.98 Å². The maximum Gasteiger partial charge on any atom is 0.326 e. The van der Waals surface area contributed by atoms with Gasteiger partial charge in [0.2, 0.25) is 0 Å². The highest BCUT2D eigenvalue weighted by Gasteiger charge is 2.20. The molecule has 0 bridgehead atoms. The number of rotatable bonds is 6. The zero-order valence-electron chi connectivity index (χ0n) is 14.0. The van der Waals surface area contributed by atoms with Crippen molar-refractivity contribution in [3.05, 3.63) is 56.6 Å². The third-order valence-corrected chi connectivity index (χ3v) is 4.20. The summed E-state index contributed by atoms with van der Waals surface area (Å²) in [6, 6.07) is 8.09. The summed E-state index contributed by atoms with van der Waals surface area (Å²) in [7, 11) is 0. The molecule has 7 nitrogen and oxygen atoms in total. The standard InChI is InChI=1S/C17H14BrCl2N3O4/c1-9(16(25)23-15-13(20)6-12(19)7-21-15)27-14(24)8-22-17(26)10-3-2-4-11(18)5-10/h2-7,9H,8H2,1H3,(H,22,26)(H,21,23,25). The smallest absolute Gasteiger partial charge is 0.326 e. The van der Waals surface area contributed by atoms with E-state index in [4.69, 9.17) is 27.9 Å². The molecule has 2 aromatic rings. The summed E-state index contributed by atoms with van der Waals surface area (Å²) in [5, 5.41) is 5.32. The Morgan fingerprint density at radius 2 is 2.00 bits per heavy atom. The van der Waals surface area contributed by atoms with Crippen LogP contribution in [-0.2, 0) is 14.3 Å². The van der Waals surface area contributed by atoms with Gasteiger partial charge in [-0.1, -0.05) is 45.2 Å². The van der Waals surface area contributed by atoms with E-state index in [1.54, 1.807) is 24.3 Å². The summed E-state index contributed by atoms with van der Waals surface area (Å²) in [4.78, 5) is 39.8. The van der Waals surface area contributed by atoms with E-state index < -0.39 is 23.9 Å². The molecule has 10 heteroatoms. The predicted molar refractivity (Wildman–Crippen MR) is 105 cm³/mol. The van der Waals surface area contributed by atoms with Crippen LogP contribution in [0.25, 0.3) is 0 Å². The molecule has 0 fully saturated rings. The van der Waals surface area contributed by atoms with Gasteiger partial charge in [0.05, 0.1) is 10.0 Å². The number of hydrogen-bond acceptors (Lipinski definition) is 5. The molecular formula is C17H14BrCl2N3O4. The van der Waals surface area contributed by atoms with Crippen LogP contribution in [0.4, 0.5) is 5.82 Å². The van der Waals surface area contributed by atoms with Crippen molar-refractivity contribution < 1.29 is 19.1 Å². The van der Waals surface area contributed by atoms with Crippen molar-refractivity contribution in [1.29, 1.82) is 0 Å². The van der Waals surface area contributed by atoms with Crippen molar-refractivity contribution >= 4 is 62.7 Å². The van der Waals surface area contributed by atoms with Crippen LogP contribution in [0.3, 0.4) is 0 Å². The number of pyridine rings is 1. The van der Waals surface area contributed by atoms with Crippen LogP contribution in [0.15, 0.2) is 41.0 Å². The minimum atomic E-state index is -1.12. The van der Waals surface area contributed by atoms with Gasteiger partial charge in [-0.05, 0) is 31.2 Å². The first-order valence-corrected chi connectivity index (χ1v) is 9.16. The van der Waals surface area contributed by atoms with Gasteiger partial charge in [0.1, 0.15) is 6.54 Å². The van der Waals surface area contributed by atoms with E-state index in [1.165, 1.54) is 19.2 Å². The van der Waals surface area contributed by atoms with Crippen LogP contribution in [0.2, 0.25) is 10.0 Å². The summed E-state index contributed by atoms with van der Waals surface area (Å²) >= 11 is 14.9. The van der Waals surface area contributed by atoms with Gasteiger partial charge in [0.15, 0.2) is 11.9 Å². The van der Waals surface area contributed by atoms with Gasteiger partial charge in [0, 0.05) is 16.2 Å². The van der Waals surface area contributed by atoms with Crippen molar-refractivity contribution in [2.45, 2.75) is 13.0 Å². The fraction of sp³-hybridized carbons (Fsp3) is 0.176. The highest BCUT2D eigenvalue weighted by Crippen LogP contribution is 2.22. The van der Waals surface area contributed by atoms with Crippen LogP contribution in [0.5, 0.6) is 0 Å². The fourth-order valence-corrected chi connectivity index (χ4v) is 2.73. The number of carbonyl (C=O) groups is 3. The van der Waals surface area contributed by atoms with Gasteiger partial charge in [-0.2, -0.15) is 0 Å². The lowest BCUT2D eigenvalue weighted by Gasteiger charge is -2.14. The van der Waals surface area contributed by atoms with Crippen molar-refractivity contribution in [2.75, 3.05) is 11.9 Å². The second-order valence-electron chi connectivity index (χ2n) is 5.30. The number of nitrogens with zero attached hydrogens (tertiary/aromatic N) is 1. The Hall–Kier alpha value is -2.16. The highest BCUT2D eigenvalue weighted by atomic mass is 79.9. The molecule has 1 heterocycles. The maximum atomic E-state index is 12.1. The van der Waals surface area contributed by atoms with Crippen LogP contribution < -0.4 is 10.6 Å². The van der Waals surface area contributed by atoms with E-state index in [2.05, 4.69) is 31.5 Å². The molecule has 27 heavy (non-hydrogen) atoms. The quantitative estimate of drug-likeness (QED) is 0.625. The number of halogens is 3. The second kappa shape index (κ2) is 9.68. The third kappa shape index (κ3) is 6.50. The summed E-state index contributed by atoms with van der Waals surface area (Å²) in [5.74, 6) is -1.74. The number of carbonyl (C=O) groups excluding carboxylic acids is 3. The first kappa shape index (κ1) is 21.1. The molecule has 2 N–H and O–H groups in total. The lowest BCUT2D eigenvalue weighted by Crippen LogP contribution is -2.36. The molecule has 0 radical (unpaired) electrons. The molecule has 1 aromatic heterocycles. The van der Waals surface area contributed by atoms with Gasteiger partial charge in [-0.3, -0.25) is 14.4 Å². The maximum absolute atomic E-state index is 12.1. The molecule has 0 aliphatic heterocycles. The lowest BCUT2D eigenvalue weighted by atomic mass is 10.2. The Morgan fingerprint density at radius 3 is 2.67 bits per heavy atom. The first-order chi connectivity index (χ1) is 12.8. The SMILES string of the molecule is CC(OC(=O)CNC(=O)c1cccc(Br)c1)C(=O)Nc1ncc(Cl)cc1Cl. The number of aromatic nitrogens is 1. The Balaban J connectivity index is 1.83. The Kier molecular flexibility index (Phi) is 7.58. The number of benzene rings is 1. The molecule has 0 saturated carbocycles. The average molecular weight is 475 g/mol. The summed E-state index contributed by atoms with van der Waals surface area (Å²) in [6.07, 6.45) is 0.200. The van der Waals surface area contributed by atoms with Crippen LogP contribution in [0, 0.1) is 0 Å². The van der Waals surface area contributed by atoms with E-state index in [-0.39, 0.29) is 17.4 Å². The molecule has 1 aromatic carbocycles. The summed E-state index contributed by atoms with van der Waals surface area (Å²) < 4.78 is 5.72. The largest absolute Gasteiger partial charge is 0.451 e. The van der Waals surface area contributed by atoms with E-state index in [9.17, 15) is 14.4 Å². The molecule has 0 aliphatic carbocycles. The minimum absolute atomic E-state index is 0.0944. The number of amides is 2. The molecule has 2 amide bonds. The van der Waals surface area contributed by atoms with Gasteiger partial charge >= 0.3 is 5.97 Å². The summed E-state index contributed by atoms with van der Waals surface area (Å²) in [6.45, 7) is 0.996. The normalized spacial score (nSPS) is 11.4. The van der Waals surface area contributed by atoms with E-state index >= 15 is 0 Å². The Bertz CT molecular complexity index is 879. The summed E-state index contributed by atoms with van der Waals surface area (Å²) in [5.41, 5.74) is 0.381. The number of esters is 1. The Labute approximate surface area is 173 Å². The van der Waals surface area contributed by atoms with Crippen LogP contribution >= 0.6 is 39.1 Å². The minimum Gasteiger partial charge on any atom is -0.451 e. The molecule has 0 spiro atoms. The van der Waals surface area contributed by atoms with Gasteiger partial charge in [0.25, 0.3) is 11.8 Å². The van der Waals surface area contributed by atoms with Gasteiger partial charge < -0.3 is 15.4 Å².